The molecule has 0 radical (unpaired) electrons. The topological polar surface area (TPSA) is 132 Å². The molecule has 1 aromatic rings. The van der Waals surface area contributed by atoms with E-state index in [9.17, 15) is 25.0 Å². The van der Waals surface area contributed by atoms with Crippen LogP contribution in [0.3, 0.4) is 0 Å². The number of nitrogens with one attached hydrogen (secondary N) is 1. The molecule has 2 rings (SSSR count). The molecule has 0 saturated carbocycles. The Morgan fingerprint density at radius 2 is 1.48 bits per heavy atom. The monoisotopic (exact) mass is 351 g/mol. The molecule has 25 heavy (non-hydrogen) atoms. The number of carbonyl (C=O) groups is 1. The van der Waals surface area contributed by atoms with Gasteiger partial charge >= 0.3 is 0 Å². The second-order valence-corrected chi connectivity index (χ2v) is 7.95. The molecular weight excluding hydrogens is 328 g/mol. The van der Waals surface area contributed by atoms with Gasteiger partial charge in [0.15, 0.2) is 0 Å². The zero-order valence-corrected chi connectivity index (χ0v) is 14.7. The van der Waals surface area contributed by atoms with Gasteiger partial charge < -0.3 is 10.6 Å². The van der Waals surface area contributed by atoms with Crippen molar-refractivity contribution in [3.8, 4) is 0 Å². The summed E-state index contributed by atoms with van der Waals surface area (Å²) in [5.41, 5.74) is -1.15. The predicted molar refractivity (Wildman–Crippen MR) is 90.3 cm³/mol. The predicted octanol–water partition coefficient (Wildman–Crippen LogP) is 1.52. The zero-order chi connectivity index (χ0) is 19.0. The van der Waals surface area contributed by atoms with Crippen LogP contribution in [0.4, 0.5) is 11.4 Å². The Bertz CT molecular complexity index is 681. The first-order valence-corrected chi connectivity index (χ1v) is 8.00. The molecule has 1 saturated heterocycles. The summed E-state index contributed by atoms with van der Waals surface area (Å²) in [4.78, 5) is 32.9. The van der Waals surface area contributed by atoms with Crippen LogP contribution in [0.2, 0.25) is 0 Å². The van der Waals surface area contributed by atoms with Gasteiger partial charge in [-0.15, -0.1) is 0 Å². The maximum atomic E-state index is 12.5. The molecule has 136 valence electrons. The van der Waals surface area contributed by atoms with E-state index < -0.39 is 27.1 Å². The fourth-order valence-corrected chi connectivity index (χ4v) is 3.83. The van der Waals surface area contributed by atoms with Gasteiger partial charge in [-0.2, -0.15) is 0 Å². The van der Waals surface area contributed by atoms with E-state index in [0.29, 0.717) is 0 Å². The average Bonchev–Trinajstić information content (AvgIpc) is 2.43. The minimum absolute atomic E-state index is 0.0611. The van der Waals surface area contributed by atoms with Crippen molar-refractivity contribution in [1.29, 1.82) is 0 Å². The minimum atomic E-state index is -0.744. The number of nitro benzene ring substituents is 2. The molecule has 3 N–H and O–H groups in total. The molecule has 0 spiro atoms. The Balaban J connectivity index is 2.26. The lowest BCUT2D eigenvalue weighted by Crippen LogP contribution is -3.06. The van der Waals surface area contributed by atoms with Crippen LogP contribution in [0.15, 0.2) is 18.2 Å². The molecule has 1 fully saturated rings. The highest BCUT2D eigenvalue weighted by Gasteiger charge is 2.42. The Labute approximate surface area is 145 Å². The van der Waals surface area contributed by atoms with Crippen LogP contribution in [-0.4, -0.2) is 32.9 Å². The number of benzene rings is 1. The number of piperidine rings is 1. The molecule has 0 aliphatic carbocycles. The molecule has 9 heteroatoms. The number of nitrogens with zero attached hydrogens (tertiary/aromatic N) is 2. The Kier molecular flexibility index (Phi) is 4.81. The molecule has 1 aromatic carbocycles. The van der Waals surface area contributed by atoms with E-state index in [2.05, 4.69) is 38.3 Å². The van der Waals surface area contributed by atoms with E-state index in [1.165, 1.54) is 0 Å². The Morgan fingerprint density at radius 1 is 1.04 bits per heavy atom. The van der Waals surface area contributed by atoms with E-state index >= 15 is 0 Å². The summed E-state index contributed by atoms with van der Waals surface area (Å²) in [5, 5.41) is 27.1. The number of carbonyl (C=O) groups excluding carboxylic acids is 1. The Morgan fingerprint density at radius 3 is 1.88 bits per heavy atom. The summed E-state index contributed by atoms with van der Waals surface area (Å²) >= 11 is 0. The normalized spacial score (nSPS) is 19.2. The summed E-state index contributed by atoms with van der Waals surface area (Å²) < 4.78 is 0. The van der Waals surface area contributed by atoms with Crippen LogP contribution in [0.5, 0.6) is 0 Å². The summed E-state index contributed by atoms with van der Waals surface area (Å²) in [6.07, 6.45) is 1.47. The van der Waals surface area contributed by atoms with Gasteiger partial charge in [-0.05, 0) is 27.7 Å². The highest BCUT2D eigenvalue weighted by atomic mass is 16.6. The van der Waals surface area contributed by atoms with Crippen molar-refractivity contribution in [1.82, 2.24) is 5.32 Å². The fourth-order valence-electron chi connectivity index (χ4n) is 3.83. The highest BCUT2D eigenvalue weighted by molar-refractivity contribution is 5.95. The van der Waals surface area contributed by atoms with Crippen LogP contribution in [0.25, 0.3) is 0 Å². The number of rotatable bonds is 4. The smallest absolute Gasteiger partial charge is 0.277 e. The standard InChI is InChI=1S/C16H22N4O5/c1-15(2)8-11(9-16(3,4)18-15)17-14(21)10-5-12(19(22)23)7-13(6-10)20(24)25/h5-7,11,18H,8-9H2,1-4H3,(H,17,21)/p+1. The molecule has 0 unspecified atom stereocenters. The first-order valence-electron chi connectivity index (χ1n) is 8.00. The number of nitrogens with two attached hydrogens (primary N) is 1. The van der Waals surface area contributed by atoms with Gasteiger partial charge in [0, 0.05) is 31.0 Å². The molecule has 1 heterocycles. The molecule has 1 aliphatic heterocycles. The Hall–Kier alpha value is -2.55. The largest absolute Gasteiger partial charge is 0.349 e. The van der Waals surface area contributed by atoms with Crippen LogP contribution in [-0.2, 0) is 0 Å². The summed E-state index contributed by atoms with van der Waals surface area (Å²) in [6, 6.07) is 2.86. The van der Waals surface area contributed by atoms with E-state index in [1.807, 2.05) is 0 Å². The number of nitro groups is 2. The molecule has 1 aliphatic rings. The van der Waals surface area contributed by atoms with Crippen LogP contribution in [0, 0.1) is 20.2 Å². The van der Waals surface area contributed by atoms with Crippen molar-refractivity contribution < 1.29 is 20.0 Å². The minimum Gasteiger partial charge on any atom is -0.349 e. The third-order valence-electron chi connectivity index (χ3n) is 4.25. The van der Waals surface area contributed by atoms with Crippen molar-refractivity contribution in [2.75, 3.05) is 0 Å². The first-order chi connectivity index (χ1) is 11.4. The van der Waals surface area contributed by atoms with Crippen molar-refractivity contribution in [2.24, 2.45) is 0 Å². The van der Waals surface area contributed by atoms with E-state index in [0.717, 1.165) is 31.0 Å². The van der Waals surface area contributed by atoms with E-state index in [4.69, 9.17) is 0 Å². The summed E-state index contributed by atoms with van der Waals surface area (Å²) in [7, 11) is 0. The second kappa shape index (κ2) is 6.40. The summed E-state index contributed by atoms with van der Waals surface area (Å²) in [6.45, 7) is 8.35. The van der Waals surface area contributed by atoms with Crippen molar-refractivity contribution in [2.45, 2.75) is 57.7 Å². The van der Waals surface area contributed by atoms with Crippen LogP contribution >= 0.6 is 0 Å². The van der Waals surface area contributed by atoms with Crippen molar-refractivity contribution >= 4 is 17.3 Å². The second-order valence-electron chi connectivity index (χ2n) is 7.95. The maximum Gasteiger partial charge on any atom is 0.277 e. The van der Waals surface area contributed by atoms with Gasteiger partial charge in [-0.25, -0.2) is 0 Å². The van der Waals surface area contributed by atoms with Gasteiger partial charge in [-0.3, -0.25) is 25.0 Å². The average molecular weight is 351 g/mol. The number of hydrogen-bond acceptors (Lipinski definition) is 5. The number of hydrogen-bond donors (Lipinski definition) is 2. The molecule has 0 bridgehead atoms. The van der Waals surface area contributed by atoms with Gasteiger partial charge in [0.1, 0.15) is 0 Å². The number of non-ortho nitro benzene ring substituents is 2. The first kappa shape index (κ1) is 18.8. The van der Waals surface area contributed by atoms with E-state index in [1.54, 1.807) is 0 Å². The van der Waals surface area contributed by atoms with Gasteiger partial charge in [0.05, 0.1) is 32.6 Å². The third kappa shape index (κ3) is 4.72. The quantitative estimate of drug-likeness (QED) is 0.627. The molecular formula is C16H23N4O5+. The lowest BCUT2D eigenvalue weighted by atomic mass is 9.79. The highest BCUT2D eigenvalue weighted by Crippen LogP contribution is 2.25. The van der Waals surface area contributed by atoms with Gasteiger partial charge in [-0.1, -0.05) is 0 Å². The summed E-state index contributed by atoms with van der Waals surface area (Å²) in [5.74, 6) is -0.537. The van der Waals surface area contributed by atoms with Gasteiger partial charge in [0.2, 0.25) is 0 Å². The maximum absolute atomic E-state index is 12.5. The lowest BCUT2D eigenvalue weighted by molar-refractivity contribution is -0.787. The SMILES string of the molecule is CC1(C)CC(NC(=O)c2cc([N+](=O)[O-])cc([N+](=O)[O-])c2)CC(C)(C)[NH2+]1. The molecule has 0 aromatic heterocycles. The van der Waals surface area contributed by atoms with Crippen molar-refractivity contribution in [3.05, 3.63) is 44.0 Å². The van der Waals surface area contributed by atoms with Crippen LogP contribution in [0.1, 0.15) is 50.9 Å². The van der Waals surface area contributed by atoms with E-state index in [-0.39, 0.29) is 22.7 Å². The molecule has 1 amide bonds. The lowest BCUT2D eigenvalue weighted by Gasteiger charge is -2.43. The van der Waals surface area contributed by atoms with Crippen LogP contribution < -0.4 is 10.6 Å². The zero-order valence-electron chi connectivity index (χ0n) is 14.7. The number of quaternary nitrogens is 1. The third-order valence-corrected chi connectivity index (χ3v) is 4.25. The molecule has 0 atom stereocenters. The fraction of sp³-hybridized carbons (Fsp3) is 0.562. The van der Waals surface area contributed by atoms with Crippen molar-refractivity contribution in [3.63, 3.8) is 0 Å². The van der Waals surface area contributed by atoms with Gasteiger partial charge in [0.25, 0.3) is 17.3 Å². The molecule has 9 nitrogen and oxygen atoms in total. The number of amides is 1.